The highest BCUT2D eigenvalue weighted by Crippen LogP contribution is 2.29. The summed E-state index contributed by atoms with van der Waals surface area (Å²) in [4.78, 5) is 18.0. The summed E-state index contributed by atoms with van der Waals surface area (Å²) in [6.45, 7) is 8.33. The molecule has 6 nitrogen and oxygen atoms in total. The normalized spacial score (nSPS) is 14.3. The number of rotatable bonds is 8. The van der Waals surface area contributed by atoms with E-state index in [4.69, 9.17) is 9.15 Å². The van der Waals surface area contributed by atoms with Crippen LogP contribution in [0.1, 0.15) is 11.1 Å². The standard InChI is InChI=1S/C30H33N3O3/c1-22-28(34)25-12-8-11-24(30(25)36-29(22)23-9-4-3-5-10-23)21-31-15-16-32-17-19-33(20-18-32)26-13-6-7-14-27(26)35-2/h3-14,31H,15-21H2,1-2H3. The first kappa shape index (κ1) is 24.1. The predicted octanol–water partition coefficient (Wildman–Crippen LogP) is 4.69. The number of ether oxygens (including phenoxy) is 1. The van der Waals surface area contributed by atoms with E-state index < -0.39 is 0 Å². The Morgan fingerprint density at radius 3 is 2.44 bits per heavy atom. The summed E-state index contributed by atoms with van der Waals surface area (Å²) in [6, 6.07) is 23.9. The average Bonchev–Trinajstić information content (AvgIpc) is 2.94. The number of anilines is 1. The molecule has 0 bridgehead atoms. The maximum Gasteiger partial charge on any atom is 0.196 e. The minimum atomic E-state index is 0.0323. The molecule has 6 heteroatoms. The van der Waals surface area contributed by atoms with Crippen LogP contribution in [0.4, 0.5) is 5.69 Å². The molecule has 0 saturated carbocycles. The molecule has 0 atom stereocenters. The molecule has 0 spiro atoms. The Bertz CT molecular complexity index is 1380. The van der Waals surface area contributed by atoms with Crippen molar-refractivity contribution in [2.45, 2.75) is 13.5 Å². The van der Waals surface area contributed by atoms with Crippen LogP contribution in [-0.2, 0) is 6.54 Å². The second kappa shape index (κ2) is 11.0. The van der Waals surface area contributed by atoms with Crippen LogP contribution in [0.2, 0.25) is 0 Å². The molecular formula is C30H33N3O3. The third-order valence-electron chi connectivity index (χ3n) is 6.98. The number of hydrogen-bond acceptors (Lipinski definition) is 6. The molecule has 36 heavy (non-hydrogen) atoms. The van der Waals surface area contributed by atoms with Gasteiger partial charge in [0.05, 0.1) is 18.2 Å². The van der Waals surface area contributed by atoms with Crippen molar-refractivity contribution >= 4 is 16.7 Å². The molecule has 1 fully saturated rings. The Labute approximate surface area is 212 Å². The number of fused-ring (bicyclic) bond motifs is 1. The van der Waals surface area contributed by atoms with Crippen LogP contribution in [0.5, 0.6) is 5.75 Å². The van der Waals surface area contributed by atoms with Crippen LogP contribution in [0.25, 0.3) is 22.3 Å². The van der Waals surface area contributed by atoms with Gasteiger partial charge in [-0.25, -0.2) is 0 Å². The van der Waals surface area contributed by atoms with E-state index in [9.17, 15) is 4.79 Å². The Hall–Kier alpha value is -3.61. The van der Waals surface area contributed by atoms with Gasteiger partial charge in [0.15, 0.2) is 5.43 Å². The molecule has 1 aliphatic heterocycles. The quantitative estimate of drug-likeness (QED) is 0.367. The number of hydrogen-bond donors (Lipinski definition) is 1. The fourth-order valence-electron chi connectivity index (χ4n) is 4.94. The molecule has 5 rings (SSSR count). The monoisotopic (exact) mass is 483 g/mol. The third kappa shape index (κ3) is 5.01. The van der Waals surface area contributed by atoms with Crippen molar-refractivity contribution in [3.05, 3.63) is 94.1 Å². The van der Waals surface area contributed by atoms with E-state index in [0.717, 1.165) is 56.1 Å². The van der Waals surface area contributed by atoms with Gasteiger partial charge in [-0.3, -0.25) is 9.69 Å². The maximum absolute atomic E-state index is 13.1. The van der Waals surface area contributed by atoms with Crippen molar-refractivity contribution in [2.24, 2.45) is 0 Å². The molecule has 1 saturated heterocycles. The Kier molecular flexibility index (Phi) is 7.35. The highest BCUT2D eigenvalue weighted by Gasteiger charge is 2.19. The van der Waals surface area contributed by atoms with Crippen LogP contribution in [0.15, 0.2) is 82.0 Å². The molecule has 1 N–H and O–H groups in total. The van der Waals surface area contributed by atoms with Gasteiger partial charge in [-0.15, -0.1) is 0 Å². The number of piperazine rings is 1. The second-order valence-electron chi connectivity index (χ2n) is 9.22. The van der Waals surface area contributed by atoms with Gasteiger partial charge in [-0.2, -0.15) is 0 Å². The summed E-state index contributed by atoms with van der Waals surface area (Å²) in [5, 5.41) is 4.20. The minimum absolute atomic E-state index is 0.0323. The van der Waals surface area contributed by atoms with Crippen LogP contribution >= 0.6 is 0 Å². The van der Waals surface area contributed by atoms with Gasteiger partial charge in [-0.1, -0.05) is 54.6 Å². The molecule has 0 radical (unpaired) electrons. The first-order valence-electron chi connectivity index (χ1n) is 12.6. The topological polar surface area (TPSA) is 58.0 Å². The van der Waals surface area contributed by atoms with E-state index in [1.165, 1.54) is 5.69 Å². The fraction of sp³-hybridized carbons (Fsp3) is 0.300. The zero-order valence-electron chi connectivity index (χ0n) is 21.0. The van der Waals surface area contributed by atoms with Crippen LogP contribution in [0, 0.1) is 6.92 Å². The SMILES string of the molecule is COc1ccccc1N1CCN(CCNCc2cccc3c(=O)c(C)c(-c4ccccc4)oc23)CC1. The van der Waals surface area contributed by atoms with Gasteiger partial charge in [0.1, 0.15) is 17.1 Å². The summed E-state index contributed by atoms with van der Waals surface area (Å²) in [5.74, 6) is 1.58. The van der Waals surface area contributed by atoms with Crippen LogP contribution < -0.4 is 20.4 Å². The van der Waals surface area contributed by atoms with Crippen molar-refractivity contribution < 1.29 is 9.15 Å². The van der Waals surface area contributed by atoms with Crippen LogP contribution in [0.3, 0.4) is 0 Å². The minimum Gasteiger partial charge on any atom is -0.495 e. The lowest BCUT2D eigenvalue weighted by molar-refractivity contribution is 0.256. The molecule has 4 aromatic rings. The fourth-order valence-corrected chi connectivity index (χ4v) is 4.94. The highest BCUT2D eigenvalue weighted by atomic mass is 16.5. The lowest BCUT2D eigenvalue weighted by Crippen LogP contribution is -2.48. The molecule has 186 valence electrons. The van der Waals surface area contributed by atoms with Gasteiger partial charge < -0.3 is 19.4 Å². The number of methoxy groups -OCH3 is 1. The summed E-state index contributed by atoms with van der Waals surface area (Å²) < 4.78 is 11.9. The van der Waals surface area contributed by atoms with Gasteiger partial charge in [0.2, 0.25) is 0 Å². The predicted molar refractivity (Wildman–Crippen MR) is 146 cm³/mol. The summed E-state index contributed by atoms with van der Waals surface area (Å²) >= 11 is 0. The van der Waals surface area contributed by atoms with E-state index in [2.05, 4.69) is 27.2 Å². The second-order valence-corrected chi connectivity index (χ2v) is 9.22. The van der Waals surface area contributed by atoms with Gasteiger partial charge in [-0.05, 0) is 25.1 Å². The highest BCUT2D eigenvalue weighted by molar-refractivity contribution is 5.83. The van der Waals surface area contributed by atoms with Crippen LogP contribution in [-0.4, -0.2) is 51.3 Å². The molecule has 0 amide bonds. The van der Waals surface area contributed by atoms with Gasteiger partial charge >= 0.3 is 0 Å². The maximum atomic E-state index is 13.1. The van der Waals surface area contributed by atoms with Crippen molar-refractivity contribution in [1.29, 1.82) is 0 Å². The van der Waals surface area contributed by atoms with Crippen molar-refractivity contribution in [2.75, 3.05) is 51.3 Å². The van der Waals surface area contributed by atoms with Gasteiger partial charge in [0, 0.05) is 62.5 Å². The first-order valence-corrected chi connectivity index (χ1v) is 12.6. The molecule has 1 aromatic heterocycles. The van der Waals surface area contributed by atoms with E-state index in [1.54, 1.807) is 7.11 Å². The average molecular weight is 484 g/mol. The van der Waals surface area contributed by atoms with Crippen molar-refractivity contribution in [3.63, 3.8) is 0 Å². The molecule has 0 unspecified atom stereocenters. The van der Waals surface area contributed by atoms with E-state index in [-0.39, 0.29) is 5.43 Å². The largest absolute Gasteiger partial charge is 0.495 e. The smallest absolute Gasteiger partial charge is 0.196 e. The molecule has 3 aromatic carbocycles. The lowest BCUT2D eigenvalue weighted by atomic mass is 10.0. The number of nitrogens with one attached hydrogen (secondary N) is 1. The molecule has 1 aliphatic rings. The Balaban J connectivity index is 1.20. The number of nitrogens with zero attached hydrogens (tertiary/aromatic N) is 2. The number of benzene rings is 3. The van der Waals surface area contributed by atoms with Gasteiger partial charge in [0.25, 0.3) is 0 Å². The third-order valence-corrected chi connectivity index (χ3v) is 6.98. The lowest BCUT2D eigenvalue weighted by Gasteiger charge is -2.36. The van der Waals surface area contributed by atoms with E-state index in [1.807, 2.05) is 67.6 Å². The Morgan fingerprint density at radius 2 is 1.67 bits per heavy atom. The molecule has 2 heterocycles. The van der Waals surface area contributed by atoms with E-state index >= 15 is 0 Å². The molecule has 0 aliphatic carbocycles. The molecular weight excluding hydrogens is 450 g/mol. The van der Waals surface area contributed by atoms with Crippen molar-refractivity contribution in [1.82, 2.24) is 10.2 Å². The number of para-hydroxylation sites is 3. The zero-order valence-corrected chi connectivity index (χ0v) is 21.0. The summed E-state index contributed by atoms with van der Waals surface area (Å²) in [7, 11) is 1.73. The zero-order chi connectivity index (χ0) is 24.9. The summed E-state index contributed by atoms with van der Waals surface area (Å²) in [5.41, 5.74) is 4.44. The summed E-state index contributed by atoms with van der Waals surface area (Å²) in [6.07, 6.45) is 0. The van der Waals surface area contributed by atoms with E-state index in [0.29, 0.717) is 28.8 Å². The first-order chi connectivity index (χ1) is 17.7. The van der Waals surface area contributed by atoms with Crippen molar-refractivity contribution in [3.8, 4) is 17.1 Å². The Morgan fingerprint density at radius 1 is 0.917 bits per heavy atom.